The lowest BCUT2D eigenvalue weighted by molar-refractivity contribution is -0.147. The van der Waals surface area contributed by atoms with E-state index in [4.69, 9.17) is 9.15 Å². The van der Waals surface area contributed by atoms with Crippen molar-refractivity contribution in [1.82, 2.24) is 0 Å². The van der Waals surface area contributed by atoms with Gasteiger partial charge in [0.2, 0.25) is 0 Å². The van der Waals surface area contributed by atoms with Crippen LogP contribution in [0.1, 0.15) is 54.1 Å². The molecular weight excluding hydrogens is 316 g/mol. The largest absolute Gasteiger partial charge is 0.485 e. The van der Waals surface area contributed by atoms with Crippen molar-refractivity contribution in [3.05, 3.63) is 54.0 Å². The predicted octanol–water partition coefficient (Wildman–Crippen LogP) is 4.16. The van der Waals surface area contributed by atoms with Gasteiger partial charge in [0.25, 0.3) is 0 Å². The molecule has 2 aliphatic carbocycles. The van der Waals surface area contributed by atoms with Gasteiger partial charge in [0, 0.05) is 18.3 Å². The maximum atomic E-state index is 13.2. The van der Waals surface area contributed by atoms with Crippen LogP contribution in [0, 0.1) is 11.8 Å². The van der Waals surface area contributed by atoms with Crippen molar-refractivity contribution in [2.45, 2.75) is 43.6 Å². The van der Waals surface area contributed by atoms with Crippen LogP contribution in [-0.2, 0) is 4.79 Å². The van der Waals surface area contributed by atoms with Gasteiger partial charge in [-0.25, -0.2) is 0 Å². The van der Waals surface area contributed by atoms with Gasteiger partial charge in [0.1, 0.15) is 28.8 Å². The van der Waals surface area contributed by atoms with Crippen molar-refractivity contribution in [2.24, 2.45) is 11.8 Å². The number of Topliss-reactive ketones (excluding diaryl/α,β-unsaturated/α-hetero) is 2. The molecule has 2 saturated carbocycles. The van der Waals surface area contributed by atoms with Crippen LogP contribution in [0.25, 0.3) is 0 Å². The van der Waals surface area contributed by atoms with Gasteiger partial charge in [0.05, 0.1) is 11.8 Å². The second-order valence-corrected chi connectivity index (χ2v) is 7.50. The SMILES string of the molecule is O=C1C[C@@H](c2ccco2)[C@@H]2CCCC[C@@]23Oc2ccccc2C(=O)C13. The molecule has 2 aromatic rings. The molecule has 25 heavy (non-hydrogen) atoms. The van der Waals surface area contributed by atoms with Crippen LogP contribution < -0.4 is 4.74 Å². The molecular formula is C21H20O4. The summed E-state index contributed by atoms with van der Waals surface area (Å²) in [5, 5.41) is 0. The Morgan fingerprint density at radius 2 is 1.92 bits per heavy atom. The van der Waals surface area contributed by atoms with Crippen molar-refractivity contribution in [1.29, 1.82) is 0 Å². The Morgan fingerprint density at radius 3 is 2.76 bits per heavy atom. The van der Waals surface area contributed by atoms with E-state index in [-0.39, 0.29) is 23.4 Å². The smallest absolute Gasteiger partial charge is 0.181 e. The first kappa shape index (κ1) is 14.9. The Labute approximate surface area is 146 Å². The number of hydrogen-bond acceptors (Lipinski definition) is 4. The van der Waals surface area contributed by atoms with Crippen LogP contribution in [0.15, 0.2) is 47.1 Å². The first-order valence-electron chi connectivity index (χ1n) is 9.09. The Morgan fingerprint density at radius 1 is 1.04 bits per heavy atom. The zero-order valence-electron chi connectivity index (χ0n) is 13.9. The molecule has 1 unspecified atom stereocenters. The standard InChI is InChI=1S/C21H20O4/c22-16-12-14(17-9-5-11-24-17)15-7-3-4-10-21(15)19(16)20(23)13-6-1-2-8-18(13)25-21/h1-2,5-6,8-9,11,14-15,19H,3-4,7,10,12H2/t14-,15+,19?,21-/m1/s1. The summed E-state index contributed by atoms with van der Waals surface area (Å²) in [5.41, 5.74) is -0.163. The molecule has 0 bridgehead atoms. The van der Waals surface area contributed by atoms with E-state index in [9.17, 15) is 9.59 Å². The second-order valence-electron chi connectivity index (χ2n) is 7.50. The first-order valence-corrected chi connectivity index (χ1v) is 9.09. The fraction of sp³-hybridized carbons (Fsp3) is 0.429. The summed E-state index contributed by atoms with van der Waals surface area (Å²) in [6, 6.07) is 11.1. The van der Waals surface area contributed by atoms with E-state index < -0.39 is 11.5 Å². The number of carbonyl (C=O) groups is 2. The van der Waals surface area contributed by atoms with Crippen molar-refractivity contribution in [3.63, 3.8) is 0 Å². The summed E-state index contributed by atoms with van der Waals surface area (Å²) in [5.74, 6) is 0.871. The molecule has 5 rings (SSSR count). The van der Waals surface area contributed by atoms with Crippen LogP contribution in [0.5, 0.6) is 5.75 Å². The quantitative estimate of drug-likeness (QED) is 0.734. The van der Waals surface area contributed by atoms with Crippen molar-refractivity contribution in [2.75, 3.05) is 0 Å². The average molecular weight is 336 g/mol. The molecule has 128 valence electrons. The van der Waals surface area contributed by atoms with Crippen LogP contribution in [0.2, 0.25) is 0 Å². The Balaban J connectivity index is 1.67. The van der Waals surface area contributed by atoms with E-state index in [0.29, 0.717) is 17.7 Å². The molecule has 3 aliphatic rings. The van der Waals surface area contributed by atoms with E-state index >= 15 is 0 Å². The van der Waals surface area contributed by atoms with Gasteiger partial charge < -0.3 is 9.15 Å². The topological polar surface area (TPSA) is 56.5 Å². The van der Waals surface area contributed by atoms with Crippen LogP contribution >= 0.6 is 0 Å². The second kappa shape index (κ2) is 5.32. The van der Waals surface area contributed by atoms with Crippen LogP contribution in [-0.4, -0.2) is 17.2 Å². The molecule has 1 spiro atoms. The molecule has 4 heteroatoms. The van der Waals surface area contributed by atoms with Gasteiger partial charge in [0.15, 0.2) is 5.78 Å². The summed E-state index contributed by atoms with van der Waals surface area (Å²) in [4.78, 5) is 26.2. The lowest BCUT2D eigenvalue weighted by Gasteiger charge is -2.54. The molecule has 0 saturated heterocycles. The van der Waals surface area contributed by atoms with Crippen LogP contribution in [0.3, 0.4) is 0 Å². The molecule has 4 nitrogen and oxygen atoms in total. The molecule has 1 aromatic heterocycles. The van der Waals surface area contributed by atoms with Crippen molar-refractivity contribution >= 4 is 11.6 Å². The molecule has 0 radical (unpaired) electrons. The van der Waals surface area contributed by atoms with Crippen LogP contribution in [0.4, 0.5) is 0 Å². The summed E-state index contributed by atoms with van der Waals surface area (Å²) in [6.45, 7) is 0. The Bertz CT molecular complexity index is 837. The number of hydrogen-bond donors (Lipinski definition) is 0. The summed E-state index contributed by atoms with van der Waals surface area (Å²) in [6.07, 6.45) is 5.83. The highest BCUT2D eigenvalue weighted by Gasteiger charge is 2.63. The van der Waals surface area contributed by atoms with Gasteiger partial charge in [-0.15, -0.1) is 0 Å². The monoisotopic (exact) mass is 336 g/mol. The van der Waals surface area contributed by atoms with Gasteiger partial charge in [-0.1, -0.05) is 18.6 Å². The summed E-state index contributed by atoms with van der Waals surface area (Å²) < 4.78 is 12.2. The normalized spacial score (nSPS) is 33.8. The highest BCUT2D eigenvalue weighted by molar-refractivity contribution is 6.14. The minimum atomic E-state index is -0.712. The number of rotatable bonds is 1. The Kier molecular flexibility index (Phi) is 3.18. The molecule has 0 N–H and O–H groups in total. The number of fused-ring (bicyclic) bond motifs is 1. The van der Waals surface area contributed by atoms with Gasteiger partial charge in [-0.05, 0) is 43.5 Å². The van der Waals surface area contributed by atoms with E-state index in [2.05, 4.69) is 0 Å². The first-order chi connectivity index (χ1) is 12.2. The number of benzene rings is 1. The Hall–Kier alpha value is -2.36. The maximum absolute atomic E-state index is 13.2. The fourth-order valence-electron chi connectivity index (χ4n) is 5.32. The zero-order chi connectivity index (χ0) is 17.0. The third kappa shape index (κ3) is 2.00. The fourth-order valence-corrected chi connectivity index (χ4v) is 5.32. The number of ether oxygens (including phenoxy) is 1. The van der Waals surface area contributed by atoms with E-state index in [1.165, 1.54) is 0 Å². The van der Waals surface area contributed by atoms with Crippen molar-refractivity contribution < 1.29 is 18.7 Å². The lowest BCUT2D eigenvalue weighted by Crippen LogP contribution is -2.63. The molecule has 1 aromatic carbocycles. The number of carbonyl (C=O) groups excluding carboxylic acids is 2. The lowest BCUT2D eigenvalue weighted by atomic mass is 9.55. The van der Waals surface area contributed by atoms with Gasteiger partial charge in [-0.3, -0.25) is 9.59 Å². The van der Waals surface area contributed by atoms with E-state index in [1.54, 1.807) is 12.3 Å². The summed E-state index contributed by atoms with van der Waals surface area (Å²) >= 11 is 0. The van der Waals surface area contributed by atoms with E-state index in [0.717, 1.165) is 31.4 Å². The maximum Gasteiger partial charge on any atom is 0.181 e. The number of para-hydroxylation sites is 1. The molecule has 0 amide bonds. The highest BCUT2D eigenvalue weighted by atomic mass is 16.5. The van der Waals surface area contributed by atoms with E-state index in [1.807, 2.05) is 30.3 Å². The number of ketones is 2. The molecule has 2 heterocycles. The zero-order valence-corrected chi connectivity index (χ0v) is 13.9. The average Bonchev–Trinajstić information content (AvgIpc) is 3.15. The third-order valence-electron chi connectivity index (χ3n) is 6.30. The predicted molar refractivity (Wildman–Crippen MR) is 90.7 cm³/mol. The molecule has 2 fully saturated rings. The highest BCUT2D eigenvalue weighted by Crippen LogP contribution is 2.56. The minimum absolute atomic E-state index is 0.000877. The molecule has 1 aliphatic heterocycles. The van der Waals surface area contributed by atoms with Crippen molar-refractivity contribution in [3.8, 4) is 5.75 Å². The number of furan rings is 1. The minimum Gasteiger partial charge on any atom is -0.485 e. The molecule has 4 atom stereocenters. The third-order valence-corrected chi connectivity index (χ3v) is 6.30. The van der Waals surface area contributed by atoms with Gasteiger partial charge in [-0.2, -0.15) is 0 Å². The summed E-state index contributed by atoms with van der Waals surface area (Å²) in [7, 11) is 0. The van der Waals surface area contributed by atoms with Gasteiger partial charge >= 0.3 is 0 Å².